The number of rotatable bonds is 6. The molecule has 0 radical (unpaired) electrons. The fraction of sp³-hybridized carbons (Fsp3) is 0.143. The highest BCUT2D eigenvalue weighted by Crippen LogP contribution is 2.24. The molecule has 0 bridgehead atoms. The van der Waals surface area contributed by atoms with E-state index in [1.807, 2.05) is 30.3 Å². The lowest BCUT2D eigenvalue weighted by atomic mass is 10.2. The number of carbonyl (C=O) groups excluding carboxylic acids is 1. The highest BCUT2D eigenvalue weighted by Gasteiger charge is 2.13. The lowest BCUT2D eigenvalue weighted by Crippen LogP contribution is -2.30. The molecule has 0 aliphatic carbocycles. The molecule has 6 heteroatoms. The van der Waals surface area contributed by atoms with E-state index in [9.17, 15) is 4.79 Å². The number of ether oxygens (including phenoxy) is 1. The minimum atomic E-state index is -0.193. The number of nitrogens with zero attached hydrogens (tertiary/aromatic N) is 2. The molecule has 27 heavy (non-hydrogen) atoms. The van der Waals surface area contributed by atoms with Crippen molar-refractivity contribution in [1.29, 1.82) is 5.26 Å². The molecule has 0 spiro atoms. The summed E-state index contributed by atoms with van der Waals surface area (Å²) >= 11 is 5.90. The standard InChI is InChI=1S/C21H17ClN2O3/c1-24(21(25)14-26-18-4-2-3-15(11-18)12-23)13-19-9-10-20(27-19)16-5-7-17(22)8-6-16/h2-11H,13-14H2,1H3. The van der Waals surface area contributed by atoms with Gasteiger partial charge in [-0.3, -0.25) is 4.79 Å². The monoisotopic (exact) mass is 380 g/mol. The van der Waals surface area contributed by atoms with Gasteiger partial charge in [-0.2, -0.15) is 5.26 Å². The minimum absolute atomic E-state index is 0.115. The van der Waals surface area contributed by atoms with E-state index >= 15 is 0 Å². The van der Waals surface area contributed by atoms with E-state index in [2.05, 4.69) is 0 Å². The number of benzene rings is 2. The predicted molar refractivity (Wildman–Crippen MR) is 102 cm³/mol. The smallest absolute Gasteiger partial charge is 0.260 e. The fourth-order valence-electron chi connectivity index (χ4n) is 2.46. The molecular weight excluding hydrogens is 364 g/mol. The molecule has 0 fully saturated rings. The number of carbonyl (C=O) groups is 1. The third-order valence-electron chi connectivity index (χ3n) is 3.93. The van der Waals surface area contributed by atoms with Crippen LogP contribution in [-0.2, 0) is 11.3 Å². The van der Waals surface area contributed by atoms with Crippen molar-refractivity contribution in [3.05, 3.63) is 77.0 Å². The van der Waals surface area contributed by atoms with Crippen molar-refractivity contribution in [2.75, 3.05) is 13.7 Å². The molecule has 0 aliphatic heterocycles. The van der Waals surface area contributed by atoms with E-state index in [1.165, 1.54) is 4.90 Å². The van der Waals surface area contributed by atoms with Gasteiger partial charge in [0, 0.05) is 17.6 Å². The molecule has 2 aromatic carbocycles. The van der Waals surface area contributed by atoms with Crippen LogP contribution in [0.1, 0.15) is 11.3 Å². The number of nitriles is 1. The number of halogens is 1. The second kappa shape index (κ2) is 8.43. The first kappa shape index (κ1) is 18.6. The zero-order chi connectivity index (χ0) is 19.2. The Kier molecular flexibility index (Phi) is 5.80. The second-order valence-electron chi connectivity index (χ2n) is 5.95. The summed E-state index contributed by atoms with van der Waals surface area (Å²) in [6.45, 7) is 0.212. The molecule has 136 valence electrons. The van der Waals surface area contributed by atoms with Crippen molar-refractivity contribution in [2.45, 2.75) is 6.54 Å². The maximum absolute atomic E-state index is 12.3. The Bertz CT molecular complexity index is 974. The quantitative estimate of drug-likeness (QED) is 0.631. The Labute approximate surface area is 162 Å². The molecule has 3 aromatic rings. The van der Waals surface area contributed by atoms with Crippen LogP contribution in [0.2, 0.25) is 5.02 Å². The van der Waals surface area contributed by atoms with Crippen LogP contribution in [-0.4, -0.2) is 24.5 Å². The Morgan fingerprint density at radius 2 is 1.96 bits per heavy atom. The summed E-state index contributed by atoms with van der Waals surface area (Å²) in [5.41, 5.74) is 1.40. The third-order valence-corrected chi connectivity index (χ3v) is 4.19. The van der Waals surface area contributed by atoms with Crippen molar-refractivity contribution in [2.24, 2.45) is 0 Å². The van der Waals surface area contributed by atoms with Gasteiger partial charge >= 0.3 is 0 Å². The number of hydrogen-bond donors (Lipinski definition) is 0. The predicted octanol–water partition coefficient (Wildman–Crippen LogP) is 4.51. The first-order valence-corrected chi connectivity index (χ1v) is 8.64. The lowest BCUT2D eigenvalue weighted by molar-refractivity contribution is -0.132. The van der Waals surface area contributed by atoms with Gasteiger partial charge in [0.2, 0.25) is 0 Å². The average Bonchev–Trinajstić information content (AvgIpc) is 3.15. The molecule has 0 saturated heterocycles. The van der Waals surface area contributed by atoms with Crippen LogP contribution >= 0.6 is 11.6 Å². The third kappa shape index (κ3) is 4.90. The van der Waals surface area contributed by atoms with Crippen molar-refractivity contribution >= 4 is 17.5 Å². The van der Waals surface area contributed by atoms with Crippen LogP contribution in [0.15, 0.2) is 65.1 Å². The number of likely N-dealkylation sites (N-methyl/N-ethyl adjacent to an activating group) is 1. The van der Waals surface area contributed by atoms with Crippen LogP contribution in [0.3, 0.4) is 0 Å². The van der Waals surface area contributed by atoms with E-state index in [1.54, 1.807) is 43.4 Å². The van der Waals surface area contributed by atoms with Crippen LogP contribution in [0.4, 0.5) is 0 Å². The Morgan fingerprint density at radius 3 is 2.70 bits per heavy atom. The van der Waals surface area contributed by atoms with Gasteiger partial charge in [0.15, 0.2) is 6.61 Å². The van der Waals surface area contributed by atoms with Crippen LogP contribution in [0, 0.1) is 11.3 Å². The summed E-state index contributed by atoms with van der Waals surface area (Å²) in [5, 5.41) is 9.56. The lowest BCUT2D eigenvalue weighted by Gasteiger charge is -2.16. The molecule has 0 N–H and O–H groups in total. The number of hydrogen-bond acceptors (Lipinski definition) is 4. The van der Waals surface area contributed by atoms with E-state index in [0.29, 0.717) is 34.4 Å². The molecule has 1 aromatic heterocycles. The van der Waals surface area contributed by atoms with Gasteiger partial charge in [0.25, 0.3) is 5.91 Å². The van der Waals surface area contributed by atoms with Gasteiger partial charge in [-0.15, -0.1) is 0 Å². The highest BCUT2D eigenvalue weighted by atomic mass is 35.5. The summed E-state index contributed by atoms with van der Waals surface area (Å²) in [7, 11) is 1.68. The Hall–Kier alpha value is -3.23. The maximum atomic E-state index is 12.3. The zero-order valence-electron chi connectivity index (χ0n) is 14.7. The van der Waals surface area contributed by atoms with Crippen LogP contribution in [0.25, 0.3) is 11.3 Å². The molecule has 0 saturated carbocycles. The van der Waals surface area contributed by atoms with E-state index in [-0.39, 0.29) is 12.5 Å². The number of furan rings is 1. The van der Waals surface area contributed by atoms with Crippen LogP contribution < -0.4 is 4.74 Å². The van der Waals surface area contributed by atoms with Gasteiger partial charge in [-0.05, 0) is 54.6 Å². The average molecular weight is 381 g/mol. The summed E-state index contributed by atoms with van der Waals surface area (Å²) in [6, 6.07) is 19.8. The van der Waals surface area contributed by atoms with Gasteiger partial charge in [0.05, 0.1) is 18.2 Å². The number of amides is 1. The minimum Gasteiger partial charge on any atom is -0.484 e. The maximum Gasteiger partial charge on any atom is 0.260 e. The summed E-state index contributed by atoms with van der Waals surface area (Å²) < 4.78 is 11.3. The molecule has 3 rings (SSSR count). The fourth-order valence-corrected chi connectivity index (χ4v) is 2.59. The van der Waals surface area contributed by atoms with Crippen molar-refractivity contribution in [1.82, 2.24) is 4.90 Å². The zero-order valence-corrected chi connectivity index (χ0v) is 15.4. The SMILES string of the molecule is CN(Cc1ccc(-c2ccc(Cl)cc2)o1)C(=O)COc1cccc(C#N)c1. The molecule has 1 heterocycles. The van der Waals surface area contributed by atoms with Crippen molar-refractivity contribution in [3.63, 3.8) is 0 Å². The van der Waals surface area contributed by atoms with Crippen LogP contribution in [0.5, 0.6) is 5.75 Å². The molecule has 0 atom stereocenters. The first-order valence-electron chi connectivity index (χ1n) is 8.27. The molecule has 0 unspecified atom stereocenters. The summed E-state index contributed by atoms with van der Waals surface area (Å²) in [5.74, 6) is 1.68. The Morgan fingerprint density at radius 1 is 1.19 bits per heavy atom. The van der Waals surface area contributed by atoms with E-state index < -0.39 is 0 Å². The summed E-state index contributed by atoms with van der Waals surface area (Å²) in [6.07, 6.45) is 0. The van der Waals surface area contributed by atoms with Crippen molar-refractivity contribution < 1.29 is 13.9 Å². The topological polar surface area (TPSA) is 66.5 Å². The van der Waals surface area contributed by atoms with Crippen molar-refractivity contribution in [3.8, 4) is 23.1 Å². The second-order valence-corrected chi connectivity index (χ2v) is 6.39. The summed E-state index contributed by atoms with van der Waals surface area (Å²) in [4.78, 5) is 13.8. The first-order chi connectivity index (χ1) is 13.0. The largest absolute Gasteiger partial charge is 0.484 e. The Balaban J connectivity index is 1.56. The molecular formula is C21H17ClN2O3. The van der Waals surface area contributed by atoms with E-state index in [0.717, 1.165) is 5.56 Å². The van der Waals surface area contributed by atoms with Gasteiger partial charge in [-0.1, -0.05) is 17.7 Å². The molecule has 0 aliphatic rings. The highest BCUT2D eigenvalue weighted by molar-refractivity contribution is 6.30. The molecule has 1 amide bonds. The van der Waals surface area contributed by atoms with E-state index in [4.69, 9.17) is 26.0 Å². The van der Waals surface area contributed by atoms with Gasteiger partial charge < -0.3 is 14.1 Å². The molecule has 5 nitrogen and oxygen atoms in total. The van der Waals surface area contributed by atoms with Gasteiger partial charge in [0.1, 0.15) is 17.3 Å². The van der Waals surface area contributed by atoms with Gasteiger partial charge in [-0.25, -0.2) is 0 Å². The normalized spacial score (nSPS) is 10.3.